The van der Waals surface area contributed by atoms with Crippen molar-refractivity contribution in [1.29, 1.82) is 0 Å². The molecule has 5 nitrogen and oxygen atoms in total. The maximum Gasteiger partial charge on any atom is 0.295 e. The summed E-state index contributed by atoms with van der Waals surface area (Å²) in [5.74, 6) is -1.83. The van der Waals surface area contributed by atoms with Crippen molar-refractivity contribution in [1.82, 2.24) is 9.88 Å². The molecule has 1 saturated heterocycles. The average molecular weight is 483 g/mol. The predicted molar refractivity (Wildman–Crippen MR) is 138 cm³/mol. The molecule has 2 N–H and O–H groups in total. The minimum absolute atomic E-state index is 0.0165. The molecule has 1 aromatic heterocycles. The molecule has 1 unspecified atom stereocenters. The summed E-state index contributed by atoms with van der Waals surface area (Å²) in [5, 5.41) is 12.2. The van der Waals surface area contributed by atoms with Gasteiger partial charge in [0.15, 0.2) is 0 Å². The second-order valence-electron chi connectivity index (χ2n) is 9.43. The predicted octanol–water partition coefficient (Wildman–Crippen LogP) is 6.09. The molecule has 4 aromatic rings. The Kier molecular flexibility index (Phi) is 6.18. The number of ketones is 1. The summed E-state index contributed by atoms with van der Waals surface area (Å²) >= 11 is 0. The third kappa shape index (κ3) is 4.19. The smallest absolute Gasteiger partial charge is 0.295 e. The molecule has 5 rings (SSSR count). The first-order valence-electron chi connectivity index (χ1n) is 12.0. The maximum absolute atomic E-state index is 13.5. The molecule has 0 aliphatic carbocycles. The van der Waals surface area contributed by atoms with Gasteiger partial charge in [0.25, 0.3) is 11.7 Å². The molecule has 182 valence electrons. The second-order valence-corrected chi connectivity index (χ2v) is 9.43. The van der Waals surface area contributed by atoms with Crippen molar-refractivity contribution in [2.75, 3.05) is 6.54 Å². The van der Waals surface area contributed by atoms with Crippen molar-refractivity contribution in [3.05, 3.63) is 113 Å². The van der Waals surface area contributed by atoms with Gasteiger partial charge in [0.2, 0.25) is 0 Å². The highest BCUT2D eigenvalue weighted by Crippen LogP contribution is 2.40. The number of carbonyl (C=O) groups is 2. The molecule has 0 spiro atoms. The number of benzene rings is 3. The van der Waals surface area contributed by atoms with Gasteiger partial charge >= 0.3 is 0 Å². The molecule has 3 aromatic carbocycles. The van der Waals surface area contributed by atoms with E-state index in [1.54, 1.807) is 0 Å². The van der Waals surface area contributed by atoms with E-state index in [1.807, 2.05) is 54.7 Å². The van der Waals surface area contributed by atoms with Gasteiger partial charge in [-0.15, -0.1) is 0 Å². The van der Waals surface area contributed by atoms with E-state index in [-0.39, 0.29) is 16.9 Å². The summed E-state index contributed by atoms with van der Waals surface area (Å²) in [5.41, 5.74) is 4.22. The molecule has 1 fully saturated rings. The van der Waals surface area contributed by atoms with Gasteiger partial charge in [-0.3, -0.25) is 9.59 Å². The van der Waals surface area contributed by atoms with Crippen LogP contribution in [0.4, 0.5) is 4.39 Å². The van der Waals surface area contributed by atoms with E-state index < -0.39 is 23.5 Å². The van der Waals surface area contributed by atoms with Crippen LogP contribution in [0.15, 0.2) is 84.6 Å². The number of H-pyrrole nitrogens is 1. The second kappa shape index (κ2) is 9.46. The minimum Gasteiger partial charge on any atom is -0.507 e. The summed E-state index contributed by atoms with van der Waals surface area (Å²) in [6.45, 7) is 4.48. The standard InChI is InChI=1S/C30H27FN2O3/c1-18(2)19-7-9-20(10-8-19)27-26(28(34)21-11-13-23(31)14-12-21)29(35)30(36)33(27)16-15-22-17-32-25-6-4-3-5-24(22)25/h3-14,17-18,27,32,34H,15-16H2,1-2H3/b28-26-. The van der Waals surface area contributed by atoms with Crippen LogP contribution in [0, 0.1) is 5.82 Å². The van der Waals surface area contributed by atoms with Crippen molar-refractivity contribution >= 4 is 28.4 Å². The molecule has 1 aliphatic heterocycles. The Balaban J connectivity index is 1.56. The molecular formula is C30H27FN2O3. The summed E-state index contributed by atoms with van der Waals surface area (Å²) in [6.07, 6.45) is 2.46. The van der Waals surface area contributed by atoms with Gasteiger partial charge in [0.1, 0.15) is 11.6 Å². The number of fused-ring (bicyclic) bond motifs is 1. The van der Waals surface area contributed by atoms with Crippen molar-refractivity contribution in [2.45, 2.75) is 32.2 Å². The molecule has 1 amide bonds. The molecule has 6 heteroatoms. The minimum atomic E-state index is -0.749. The van der Waals surface area contributed by atoms with Crippen molar-refractivity contribution < 1.29 is 19.1 Å². The number of hydrogen-bond donors (Lipinski definition) is 2. The van der Waals surface area contributed by atoms with Gasteiger partial charge in [0, 0.05) is 29.2 Å². The van der Waals surface area contributed by atoms with E-state index in [0.29, 0.717) is 18.9 Å². The fourth-order valence-corrected chi connectivity index (χ4v) is 4.86. The van der Waals surface area contributed by atoms with Gasteiger partial charge in [-0.2, -0.15) is 0 Å². The van der Waals surface area contributed by atoms with Crippen LogP contribution in [-0.4, -0.2) is 33.2 Å². The highest BCUT2D eigenvalue weighted by Gasteiger charge is 2.45. The summed E-state index contributed by atoms with van der Waals surface area (Å²) in [4.78, 5) is 31.3. The molecule has 0 saturated carbocycles. The SMILES string of the molecule is CC(C)c1ccc(C2/C(=C(/O)c3ccc(F)cc3)C(=O)C(=O)N2CCc2c[nH]c3ccccc23)cc1. The topological polar surface area (TPSA) is 73.4 Å². The normalized spacial score (nSPS) is 17.4. The van der Waals surface area contributed by atoms with Gasteiger partial charge < -0.3 is 15.0 Å². The molecular weight excluding hydrogens is 455 g/mol. The first-order chi connectivity index (χ1) is 17.3. The Morgan fingerprint density at radius 1 is 1.00 bits per heavy atom. The van der Waals surface area contributed by atoms with E-state index in [0.717, 1.165) is 27.6 Å². The van der Waals surface area contributed by atoms with E-state index in [1.165, 1.54) is 29.2 Å². The zero-order valence-corrected chi connectivity index (χ0v) is 20.2. The van der Waals surface area contributed by atoms with Crippen LogP contribution in [0.1, 0.15) is 48.1 Å². The number of aromatic nitrogens is 1. The number of Topliss-reactive ketones (excluding diaryl/α,β-unsaturated/α-hetero) is 1. The maximum atomic E-state index is 13.5. The fourth-order valence-electron chi connectivity index (χ4n) is 4.86. The van der Waals surface area contributed by atoms with Gasteiger partial charge in [-0.1, -0.05) is 56.3 Å². The number of aromatic amines is 1. The quantitative estimate of drug-likeness (QED) is 0.198. The van der Waals surface area contributed by atoms with Crippen LogP contribution < -0.4 is 0 Å². The van der Waals surface area contributed by atoms with E-state index >= 15 is 0 Å². The zero-order chi connectivity index (χ0) is 25.4. The monoisotopic (exact) mass is 482 g/mol. The average Bonchev–Trinajstić information content (AvgIpc) is 3.41. The van der Waals surface area contributed by atoms with Crippen LogP contribution >= 0.6 is 0 Å². The number of halogens is 1. The van der Waals surface area contributed by atoms with Crippen LogP contribution in [0.25, 0.3) is 16.7 Å². The van der Waals surface area contributed by atoms with Crippen LogP contribution in [0.3, 0.4) is 0 Å². The number of nitrogens with zero attached hydrogens (tertiary/aromatic N) is 1. The summed E-state index contributed by atoms with van der Waals surface area (Å²) in [7, 11) is 0. The first kappa shape index (κ1) is 23.5. The third-order valence-electron chi connectivity index (χ3n) is 6.87. The van der Waals surface area contributed by atoms with Crippen LogP contribution in [0.2, 0.25) is 0 Å². The van der Waals surface area contributed by atoms with Crippen molar-refractivity contribution in [3.8, 4) is 0 Å². The highest BCUT2D eigenvalue weighted by atomic mass is 19.1. The number of aliphatic hydroxyl groups excluding tert-OH is 1. The number of hydrogen-bond acceptors (Lipinski definition) is 3. The number of amides is 1. The van der Waals surface area contributed by atoms with E-state index in [4.69, 9.17) is 0 Å². The van der Waals surface area contributed by atoms with E-state index in [9.17, 15) is 19.1 Å². The number of likely N-dealkylation sites (tertiary alicyclic amines) is 1. The highest BCUT2D eigenvalue weighted by molar-refractivity contribution is 6.46. The number of aliphatic hydroxyl groups is 1. The Morgan fingerprint density at radius 2 is 1.69 bits per heavy atom. The third-order valence-corrected chi connectivity index (χ3v) is 6.87. The van der Waals surface area contributed by atoms with Crippen LogP contribution in [-0.2, 0) is 16.0 Å². The number of carbonyl (C=O) groups excluding carboxylic acids is 2. The lowest BCUT2D eigenvalue weighted by Gasteiger charge is -2.25. The van der Waals surface area contributed by atoms with Gasteiger partial charge in [-0.25, -0.2) is 4.39 Å². The number of nitrogens with one attached hydrogen (secondary N) is 1. The summed E-state index contributed by atoms with van der Waals surface area (Å²) in [6, 6.07) is 20.2. The zero-order valence-electron chi connectivity index (χ0n) is 20.2. The molecule has 1 atom stereocenters. The Labute approximate surface area is 208 Å². The Morgan fingerprint density at radius 3 is 2.39 bits per heavy atom. The van der Waals surface area contributed by atoms with Gasteiger partial charge in [0.05, 0.1) is 11.6 Å². The molecule has 36 heavy (non-hydrogen) atoms. The molecule has 1 aliphatic rings. The number of para-hydroxylation sites is 1. The van der Waals surface area contributed by atoms with Crippen molar-refractivity contribution in [2.24, 2.45) is 0 Å². The number of rotatable bonds is 6. The lowest BCUT2D eigenvalue weighted by Crippen LogP contribution is -2.31. The lowest BCUT2D eigenvalue weighted by atomic mass is 9.93. The van der Waals surface area contributed by atoms with Crippen LogP contribution in [0.5, 0.6) is 0 Å². The molecule has 2 heterocycles. The lowest BCUT2D eigenvalue weighted by molar-refractivity contribution is -0.139. The van der Waals surface area contributed by atoms with Gasteiger partial charge in [-0.05, 0) is 59.4 Å². The molecule has 0 bridgehead atoms. The molecule has 0 radical (unpaired) electrons. The first-order valence-corrected chi connectivity index (χ1v) is 12.0. The fraction of sp³-hybridized carbons (Fsp3) is 0.200. The Hall–Kier alpha value is -4.19. The Bertz CT molecular complexity index is 1470. The summed E-state index contributed by atoms with van der Waals surface area (Å²) < 4.78 is 13.5. The van der Waals surface area contributed by atoms with Crippen molar-refractivity contribution in [3.63, 3.8) is 0 Å². The largest absolute Gasteiger partial charge is 0.507 e. The van der Waals surface area contributed by atoms with E-state index in [2.05, 4.69) is 18.8 Å².